The van der Waals surface area contributed by atoms with Crippen LogP contribution in [0.5, 0.6) is 0 Å². The summed E-state index contributed by atoms with van der Waals surface area (Å²) in [5.74, 6) is 1.14. The van der Waals surface area contributed by atoms with Crippen molar-refractivity contribution in [2.24, 2.45) is 11.8 Å². The minimum Gasteiger partial charge on any atom is -0.356 e. The molecule has 0 aliphatic carbocycles. The SMILES string of the molecule is CC(C)CCNC(=O)C1CN(C(C)C)C1. The zero-order chi connectivity index (χ0) is 11.4. The van der Waals surface area contributed by atoms with Crippen molar-refractivity contribution in [1.82, 2.24) is 10.2 Å². The molecule has 0 saturated carbocycles. The van der Waals surface area contributed by atoms with Crippen LogP contribution in [0.25, 0.3) is 0 Å². The lowest BCUT2D eigenvalue weighted by Gasteiger charge is -2.41. The van der Waals surface area contributed by atoms with Crippen LogP contribution in [0.2, 0.25) is 0 Å². The molecule has 1 fully saturated rings. The van der Waals surface area contributed by atoms with Gasteiger partial charge in [0.15, 0.2) is 0 Å². The molecule has 0 bridgehead atoms. The van der Waals surface area contributed by atoms with Gasteiger partial charge >= 0.3 is 0 Å². The smallest absolute Gasteiger partial charge is 0.225 e. The maximum absolute atomic E-state index is 11.6. The number of amides is 1. The van der Waals surface area contributed by atoms with Crippen LogP contribution in [-0.2, 0) is 4.79 Å². The second kappa shape index (κ2) is 5.50. The van der Waals surface area contributed by atoms with E-state index in [1.807, 2.05) is 0 Å². The Balaban J connectivity index is 2.10. The first-order chi connectivity index (χ1) is 7.00. The van der Waals surface area contributed by atoms with Crippen molar-refractivity contribution in [2.75, 3.05) is 19.6 Å². The summed E-state index contributed by atoms with van der Waals surface area (Å²) in [5, 5.41) is 3.01. The van der Waals surface area contributed by atoms with Gasteiger partial charge in [-0.15, -0.1) is 0 Å². The fraction of sp³-hybridized carbons (Fsp3) is 0.917. The molecule has 0 radical (unpaired) electrons. The molecular weight excluding hydrogens is 188 g/mol. The highest BCUT2D eigenvalue weighted by Gasteiger charge is 2.33. The number of nitrogens with zero attached hydrogens (tertiary/aromatic N) is 1. The Morgan fingerprint density at radius 2 is 1.93 bits per heavy atom. The third-order valence-corrected chi connectivity index (χ3v) is 3.03. The van der Waals surface area contributed by atoms with Crippen molar-refractivity contribution >= 4 is 5.91 Å². The Hall–Kier alpha value is -0.570. The topological polar surface area (TPSA) is 32.3 Å². The van der Waals surface area contributed by atoms with E-state index in [0.29, 0.717) is 12.0 Å². The van der Waals surface area contributed by atoms with Gasteiger partial charge < -0.3 is 5.32 Å². The third kappa shape index (κ3) is 3.82. The molecule has 88 valence electrons. The Labute approximate surface area is 93.2 Å². The van der Waals surface area contributed by atoms with Crippen molar-refractivity contribution < 1.29 is 4.79 Å². The van der Waals surface area contributed by atoms with Gasteiger partial charge in [0.2, 0.25) is 5.91 Å². The van der Waals surface area contributed by atoms with Gasteiger partial charge in [0.25, 0.3) is 0 Å². The first-order valence-corrected chi connectivity index (χ1v) is 6.02. The van der Waals surface area contributed by atoms with Crippen LogP contribution in [0.1, 0.15) is 34.1 Å². The summed E-state index contributed by atoms with van der Waals surface area (Å²) in [6, 6.07) is 0.574. The largest absolute Gasteiger partial charge is 0.356 e. The number of hydrogen-bond acceptors (Lipinski definition) is 2. The average Bonchev–Trinajstić information content (AvgIpc) is 1.99. The molecule has 15 heavy (non-hydrogen) atoms. The van der Waals surface area contributed by atoms with Crippen molar-refractivity contribution in [3.8, 4) is 0 Å². The Morgan fingerprint density at radius 1 is 1.33 bits per heavy atom. The average molecular weight is 212 g/mol. The molecular formula is C12H24N2O. The molecule has 3 nitrogen and oxygen atoms in total. The highest BCUT2D eigenvalue weighted by Crippen LogP contribution is 2.18. The number of rotatable bonds is 5. The standard InChI is InChI=1S/C12H24N2O/c1-9(2)5-6-13-12(15)11-7-14(8-11)10(3)4/h9-11H,5-8H2,1-4H3,(H,13,15). The minimum atomic E-state index is 0.236. The summed E-state index contributed by atoms with van der Waals surface area (Å²) in [6.45, 7) is 11.4. The molecule has 1 saturated heterocycles. The highest BCUT2D eigenvalue weighted by atomic mass is 16.2. The lowest BCUT2D eigenvalue weighted by Crippen LogP contribution is -2.55. The van der Waals surface area contributed by atoms with E-state index < -0.39 is 0 Å². The molecule has 1 aliphatic heterocycles. The van der Waals surface area contributed by atoms with Gasteiger partial charge in [-0.2, -0.15) is 0 Å². The predicted molar refractivity (Wildman–Crippen MR) is 62.7 cm³/mol. The van der Waals surface area contributed by atoms with Crippen molar-refractivity contribution in [2.45, 2.75) is 40.2 Å². The summed E-state index contributed by atoms with van der Waals surface area (Å²) in [5.41, 5.74) is 0. The van der Waals surface area contributed by atoms with Crippen LogP contribution in [0.15, 0.2) is 0 Å². The normalized spacial score (nSPS) is 18.3. The first kappa shape index (κ1) is 12.5. The van der Waals surface area contributed by atoms with E-state index in [9.17, 15) is 4.79 Å². The van der Waals surface area contributed by atoms with Gasteiger partial charge in [-0.05, 0) is 26.2 Å². The third-order valence-electron chi connectivity index (χ3n) is 3.03. The molecule has 0 unspecified atom stereocenters. The number of nitrogens with one attached hydrogen (secondary N) is 1. The Kier molecular flexibility index (Phi) is 4.58. The summed E-state index contributed by atoms with van der Waals surface area (Å²) < 4.78 is 0. The maximum Gasteiger partial charge on any atom is 0.225 e. The number of likely N-dealkylation sites (tertiary alicyclic amines) is 1. The summed E-state index contributed by atoms with van der Waals surface area (Å²) in [7, 11) is 0. The van der Waals surface area contributed by atoms with E-state index in [-0.39, 0.29) is 11.8 Å². The second-order valence-electron chi connectivity index (χ2n) is 5.22. The molecule has 0 aromatic heterocycles. The van der Waals surface area contributed by atoms with Crippen molar-refractivity contribution in [1.29, 1.82) is 0 Å². The second-order valence-corrected chi connectivity index (χ2v) is 5.22. The number of carbonyl (C=O) groups is 1. The van der Waals surface area contributed by atoms with Gasteiger partial charge in [0.1, 0.15) is 0 Å². The zero-order valence-corrected chi connectivity index (χ0v) is 10.4. The maximum atomic E-state index is 11.6. The van der Waals surface area contributed by atoms with Crippen LogP contribution < -0.4 is 5.32 Å². The molecule has 0 atom stereocenters. The summed E-state index contributed by atoms with van der Waals surface area (Å²) in [4.78, 5) is 14.0. The number of hydrogen-bond donors (Lipinski definition) is 1. The van der Waals surface area contributed by atoms with E-state index in [1.165, 1.54) is 0 Å². The molecule has 1 aliphatic rings. The van der Waals surface area contributed by atoms with E-state index in [1.54, 1.807) is 0 Å². The van der Waals surface area contributed by atoms with E-state index in [2.05, 4.69) is 37.9 Å². The van der Waals surface area contributed by atoms with Crippen LogP contribution in [0.4, 0.5) is 0 Å². The first-order valence-electron chi connectivity index (χ1n) is 6.02. The fourth-order valence-corrected chi connectivity index (χ4v) is 1.73. The van der Waals surface area contributed by atoms with Gasteiger partial charge in [-0.25, -0.2) is 0 Å². The van der Waals surface area contributed by atoms with Gasteiger partial charge in [-0.3, -0.25) is 9.69 Å². The quantitative estimate of drug-likeness (QED) is 0.749. The molecule has 0 aromatic carbocycles. The lowest BCUT2D eigenvalue weighted by atomic mass is 9.97. The molecule has 1 amide bonds. The van der Waals surface area contributed by atoms with E-state index >= 15 is 0 Å². The van der Waals surface area contributed by atoms with E-state index in [4.69, 9.17) is 0 Å². The van der Waals surface area contributed by atoms with E-state index in [0.717, 1.165) is 26.1 Å². The van der Waals surface area contributed by atoms with Crippen molar-refractivity contribution in [3.05, 3.63) is 0 Å². The fourth-order valence-electron chi connectivity index (χ4n) is 1.73. The molecule has 1 rings (SSSR count). The van der Waals surface area contributed by atoms with Gasteiger partial charge in [0, 0.05) is 25.7 Å². The Morgan fingerprint density at radius 3 is 2.40 bits per heavy atom. The number of carbonyl (C=O) groups excluding carboxylic acids is 1. The van der Waals surface area contributed by atoms with Crippen LogP contribution in [0.3, 0.4) is 0 Å². The molecule has 1 N–H and O–H groups in total. The predicted octanol–water partition coefficient (Wildman–Crippen LogP) is 1.49. The minimum absolute atomic E-state index is 0.236. The van der Waals surface area contributed by atoms with Crippen LogP contribution >= 0.6 is 0 Å². The zero-order valence-electron chi connectivity index (χ0n) is 10.4. The highest BCUT2D eigenvalue weighted by molar-refractivity contribution is 5.79. The van der Waals surface area contributed by atoms with Crippen molar-refractivity contribution in [3.63, 3.8) is 0 Å². The van der Waals surface area contributed by atoms with Crippen LogP contribution in [0, 0.1) is 11.8 Å². The molecule has 1 heterocycles. The summed E-state index contributed by atoms with van der Waals surface area (Å²) >= 11 is 0. The monoisotopic (exact) mass is 212 g/mol. The lowest BCUT2D eigenvalue weighted by molar-refractivity contribution is -0.131. The van der Waals surface area contributed by atoms with Crippen LogP contribution in [-0.4, -0.2) is 36.5 Å². The Bertz CT molecular complexity index is 208. The summed E-state index contributed by atoms with van der Waals surface area (Å²) in [6.07, 6.45) is 1.08. The molecule has 3 heteroatoms. The van der Waals surface area contributed by atoms with Gasteiger partial charge in [-0.1, -0.05) is 13.8 Å². The van der Waals surface area contributed by atoms with Gasteiger partial charge in [0.05, 0.1) is 5.92 Å². The molecule has 0 aromatic rings. The molecule has 0 spiro atoms.